The topological polar surface area (TPSA) is 57.8 Å². The van der Waals surface area contributed by atoms with E-state index in [2.05, 4.69) is 9.88 Å². The molecule has 3 rings (SSSR count). The molecular weight excluding hydrogens is 298 g/mol. The van der Waals surface area contributed by atoms with E-state index >= 15 is 0 Å². The fourth-order valence-corrected chi connectivity index (χ4v) is 4.25. The summed E-state index contributed by atoms with van der Waals surface area (Å²) in [6.45, 7) is 3.37. The van der Waals surface area contributed by atoms with Crippen LogP contribution < -0.4 is 5.56 Å². The van der Waals surface area contributed by atoms with E-state index < -0.39 is 0 Å². The predicted molar refractivity (Wildman–Crippen MR) is 88.4 cm³/mol. The number of hydrogen-bond acceptors (Lipinski definition) is 5. The van der Waals surface area contributed by atoms with Crippen LogP contribution in [0.5, 0.6) is 0 Å². The minimum atomic E-state index is -0.00802. The van der Waals surface area contributed by atoms with Crippen LogP contribution in [0.3, 0.4) is 0 Å². The van der Waals surface area contributed by atoms with E-state index in [0.29, 0.717) is 19.1 Å². The van der Waals surface area contributed by atoms with Gasteiger partial charge in [-0.1, -0.05) is 19.3 Å². The molecule has 2 aromatic heterocycles. The highest BCUT2D eigenvalue weighted by Crippen LogP contribution is 2.23. The Morgan fingerprint density at radius 3 is 2.91 bits per heavy atom. The highest BCUT2D eigenvalue weighted by atomic mass is 32.1. The van der Waals surface area contributed by atoms with Crippen molar-refractivity contribution in [2.24, 2.45) is 0 Å². The predicted octanol–water partition coefficient (Wildman–Crippen LogP) is 2.19. The standard InChI is InChI=1S/C16H23N3O2S/c1-12-11-22-16-17-13(9-15(21)19(12)16)10-18(7-8-20)14-5-3-2-4-6-14/h9,11,14,20H,2-8,10H2,1H3. The van der Waals surface area contributed by atoms with E-state index in [9.17, 15) is 9.90 Å². The highest BCUT2D eigenvalue weighted by Gasteiger charge is 2.21. The monoisotopic (exact) mass is 321 g/mol. The third-order valence-corrected chi connectivity index (χ3v) is 5.42. The van der Waals surface area contributed by atoms with Gasteiger partial charge in [0.2, 0.25) is 0 Å². The molecule has 0 saturated heterocycles. The summed E-state index contributed by atoms with van der Waals surface area (Å²) >= 11 is 1.50. The zero-order valence-corrected chi connectivity index (χ0v) is 13.8. The Balaban J connectivity index is 1.84. The molecule has 2 heterocycles. The molecule has 2 aromatic rings. The first-order chi connectivity index (χ1) is 10.7. The van der Waals surface area contributed by atoms with Crippen molar-refractivity contribution in [2.75, 3.05) is 13.2 Å². The third-order valence-electron chi connectivity index (χ3n) is 4.47. The van der Waals surface area contributed by atoms with Gasteiger partial charge in [-0.3, -0.25) is 14.1 Å². The van der Waals surface area contributed by atoms with E-state index in [1.165, 1.54) is 43.4 Å². The van der Waals surface area contributed by atoms with Crippen LogP contribution in [-0.2, 0) is 6.54 Å². The minimum Gasteiger partial charge on any atom is -0.395 e. The molecule has 1 aliphatic rings. The van der Waals surface area contributed by atoms with Crippen molar-refractivity contribution in [3.63, 3.8) is 0 Å². The van der Waals surface area contributed by atoms with Gasteiger partial charge in [-0.15, -0.1) is 11.3 Å². The lowest BCUT2D eigenvalue weighted by atomic mass is 9.94. The molecule has 1 fully saturated rings. The summed E-state index contributed by atoms with van der Waals surface area (Å²) in [7, 11) is 0. The highest BCUT2D eigenvalue weighted by molar-refractivity contribution is 7.15. The number of nitrogens with zero attached hydrogens (tertiary/aromatic N) is 3. The molecule has 0 spiro atoms. The smallest absolute Gasteiger partial charge is 0.259 e. The van der Waals surface area contributed by atoms with Crippen LogP contribution >= 0.6 is 11.3 Å². The fraction of sp³-hybridized carbons (Fsp3) is 0.625. The van der Waals surface area contributed by atoms with Crippen LogP contribution in [0.2, 0.25) is 0 Å². The van der Waals surface area contributed by atoms with E-state index in [-0.39, 0.29) is 12.2 Å². The first-order valence-electron chi connectivity index (χ1n) is 8.00. The normalized spacial score (nSPS) is 16.7. The van der Waals surface area contributed by atoms with Crippen molar-refractivity contribution in [3.8, 4) is 0 Å². The van der Waals surface area contributed by atoms with Crippen molar-refractivity contribution in [1.82, 2.24) is 14.3 Å². The molecule has 0 atom stereocenters. The number of aliphatic hydroxyl groups is 1. The number of aromatic nitrogens is 2. The van der Waals surface area contributed by atoms with Crippen molar-refractivity contribution >= 4 is 16.3 Å². The van der Waals surface area contributed by atoms with Crippen LogP contribution in [0.25, 0.3) is 4.96 Å². The number of aryl methyl sites for hydroxylation is 1. The summed E-state index contributed by atoms with van der Waals surface area (Å²) in [5.74, 6) is 0. The van der Waals surface area contributed by atoms with Crippen molar-refractivity contribution in [3.05, 3.63) is 33.2 Å². The van der Waals surface area contributed by atoms with E-state index in [4.69, 9.17) is 0 Å². The number of hydrogen-bond donors (Lipinski definition) is 1. The maximum Gasteiger partial charge on any atom is 0.259 e. The molecule has 0 aliphatic heterocycles. The first kappa shape index (κ1) is 15.6. The van der Waals surface area contributed by atoms with E-state index in [1.807, 2.05) is 12.3 Å². The molecule has 1 saturated carbocycles. The number of fused-ring (bicyclic) bond motifs is 1. The van der Waals surface area contributed by atoms with E-state index in [0.717, 1.165) is 16.3 Å². The van der Waals surface area contributed by atoms with Crippen LogP contribution in [-0.4, -0.2) is 38.6 Å². The van der Waals surface area contributed by atoms with Gasteiger partial charge in [0.25, 0.3) is 5.56 Å². The van der Waals surface area contributed by atoms with Gasteiger partial charge in [0, 0.05) is 36.3 Å². The zero-order valence-electron chi connectivity index (χ0n) is 13.0. The zero-order chi connectivity index (χ0) is 15.5. The van der Waals surface area contributed by atoms with Gasteiger partial charge < -0.3 is 5.11 Å². The van der Waals surface area contributed by atoms with Gasteiger partial charge in [-0.25, -0.2) is 4.98 Å². The third kappa shape index (κ3) is 3.24. The summed E-state index contributed by atoms with van der Waals surface area (Å²) in [5.41, 5.74) is 1.74. The number of aliphatic hydroxyl groups excluding tert-OH is 1. The number of thiazole rings is 1. The Hall–Kier alpha value is -1.24. The Morgan fingerprint density at radius 2 is 2.18 bits per heavy atom. The molecule has 0 radical (unpaired) electrons. The first-order valence-corrected chi connectivity index (χ1v) is 8.88. The van der Waals surface area contributed by atoms with Crippen LogP contribution in [0.1, 0.15) is 43.5 Å². The summed E-state index contributed by atoms with van der Waals surface area (Å²) in [4.78, 5) is 19.9. The molecular formula is C16H23N3O2S. The Bertz CT molecular complexity index is 688. The summed E-state index contributed by atoms with van der Waals surface area (Å²) in [6.07, 6.45) is 6.18. The van der Waals surface area contributed by atoms with Gasteiger partial charge in [0.15, 0.2) is 4.96 Å². The molecule has 120 valence electrons. The maximum absolute atomic E-state index is 12.3. The molecule has 1 aliphatic carbocycles. The molecule has 22 heavy (non-hydrogen) atoms. The average molecular weight is 321 g/mol. The lowest BCUT2D eigenvalue weighted by molar-refractivity contribution is 0.116. The van der Waals surface area contributed by atoms with Crippen molar-refractivity contribution in [1.29, 1.82) is 0 Å². The van der Waals surface area contributed by atoms with Crippen LogP contribution in [0.4, 0.5) is 0 Å². The Morgan fingerprint density at radius 1 is 1.41 bits per heavy atom. The molecule has 0 unspecified atom stereocenters. The lowest BCUT2D eigenvalue weighted by Crippen LogP contribution is -2.38. The fourth-order valence-electron chi connectivity index (χ4n) is 3.36. The second kappa shape index (κ2) is 6.89. The number of rotatable bonds is 5. The Labute approximate surface area is 134 Å². The van der Waals surface area contributed by atoms with Crippen molar-refractivity contribution in [2.45, 2.75) is 51.6 Å². The molecule has 5 nitrogen and oxygen atoms in total. The molecule has 0 aromatic carbocycles. The summed E-state index contributed by atoms with van der Waals surface area (Å²) in [6, 6.07) is 2.14. The average Bonchev–Trinajstić information content (AvgIpc) is 2.89. The largest absolute Gasteiger partial charge is 0.395 e. The SMILES string of the molecule is Cc1csc2nc(CN(CCO)C3CCCCC3)cc(=O)n12. The summed E-state index contributed by atoms with van der Waals surface area (Å²) < 4.78 is 1.66. The second-order valence-corrected chi connectivity index (χ2v) is 6.90. The van der Waals surface area contributed by atoms with Gasteiger partial charge in [-0.05, 0) is 19.8 Å². The summed E-state index contributed by atoms with van der Waals surface area (Å²) in [5, 5.41) is 11.3. The van der Waals surface area contributed by atoms with Gasteiger partial charge in [0.1, 0.15) is 0 Å². The van der Waals surface area contributed by atoms with Gasteiger partial charge in [-0.2, -0.15) is 0 Å². The molecule has 1 N–H and O–H groups in total. The van der Waals surface area contributed by atoms with Crippen LogP contribution in [0, 0.1) is 6.92 Å². The van der Waals surface area contributed by atoms with Gasteiger partial charge >= 0.3 is 0 Å². The molecule has 6 heteroatoms. The van der Waals surface area contributed by atoms with Crippen molar-refractivity contribution < 1.29 is 5.11 Å². The minimum absolute atomic E-state index is 0.00802. The maximum atomic E-state index is 12.3. The second-order valence-electron chi connectivity index (χ2n) is 6.07. The van der Waals surface area contributed by atoms with E-state index in [1.54, 1.807) is 10.5 Å². The quantitative estimate of drug-likeness (QED) is 0.917. The van der Waals surface area contributed by atoms with Crippen LogP contribution in [0.15, 0.2) is 16.2 Å². The Kier molecular flexibility index (Phi) is 4.90. The van der Waals surface area contributed by atoms with Gasteiger partial charge in [0.05, 0.1) is 12.3 Å². The lowest BCUT2D eigenvalue weighted by Gasteiger charge is -2.33. The molecule has 0 amide bonds. The molecule has 0 bridgehead atoms.